The number of hydrogen-bond acceptors (Lipinski definition) is 2. The Kier molecular flexibility index (Phi) is 3.32. The number of ketones is 1. The zero-order valence-corrected chi connectivity index (χ0v) is 14.5. The summed E-state index contributed by atoms with van der Waals surface area (Å²) in [6, 6.07) is 0. The summed E-state index contributed by atoms with van der Waals surface area (Å²) in [6.07, 6.45) is 8.65. The van der Waals surface area contributed by atoms with Crippen LogP contribution in [0, 0.1) is 40.4 Å². The maximum atomic E-state index is 12.0. The van der Waals surface area contributed by atoms with Crippen LogP contribution in [0.4, 0.5) is 0 Å². The monoisotopic (exact) mass is 304 g/mol. The number of hydrogen-bond donors (Lipinski definition) is 1. The number of aliphatic hydroxyl groups excluding tert-OH is 1. The molecule has 4 rings (SSSR count). The fourth-order valence-electron chi connectivity index (χ4n) is 7.40. The highest BCUT2D eigenvalue weighted by molar-refractivity contribution is 5.79. The molecule has 8 atom stereocenters. The van der Waals surface area contributed by atoms with Crippen molar-refractivity contribution in [3.63, 3.8) is 0 Å². The van der Waals surface area contributed by atoms with Crippen LogP contribution >= 0.6 is 0 Å². The highest BCUT2D eigenvalue weighted by Gasteiger charge is 2.61. The van der Waals surface area contributed by atoms with Gasteiger partial charge in [-0.2, -0.15) is 0 Å². The summed E-state index contributed by atoms with van der Waals surface area (Å²) < 4.78 is 0. The van der Waals surface area contributed by atoms with Crippen molar-refractivity contribution in [2.75, 3.05) is 0 Å². The van der Waals surface area contributed by atoms with Gasteiger partial charge in [0.25, 0.3) is 0 Å². The van der Waals surface area contributed by atoms with Crippen LogP contribution in [0.2, 0.25) is 0 Å². The van der Waals surface area contributed by atoms with E-state index < -0.39 is 0 Å². The standard InChI is InChI=1S/C20H32O2/c1-12-10-13-11-14(21)6-8-19(13,2)16-7-9-20(3)15(18(12)16)4-5-17(20)22/h12-13,15-18,22H,4-11H2,1-3H3/t12-,13-,15+,16+,17+,18+,19+,20-/m1/s1. The molecule has 4 saturated carbocycles. The molecule has 0 aromatic carbocycles. The van der Waals surface area contributed by atoms with Gasteiger partial charge in [-0.25, -0.2) is 0 Å². The fourth-order valence-corrected chi connectivity index (χ4v) is 7.40. The Morgan fingerprint density at radius 3 is 2.55 bits per heavy atom. The van der Waals surface area contributed by atoms with E-state index in [0.717, 1.165) is 43.4 Å². The van der Waals surface area contributed by atoms with Crippen molar-refractivity contribution >= 4 is 5.78 Å². The molecule has 0 bridgehead atoms. The van der Waals surface area contributed by atoms with Gasteiger partial charge in [0.2, 0.25) is 0 Å². The second-order valence-corrected chi connectivity index (χ2v) is 9.59. The predicted octanol–water partition coefficient (Wildman–Crippen LogP) is 4.21. The average Bonchev–Trinajstić information content (AvgIpc) is 2.77. The molecule has 0 spiro atoms. The number of Topliss-reactive ketones (excluding diaryl/α,β-unsaturated/α-hetero) is 1. The van der Waals surface area contributed by atoms with E-state index in [4.69, 9.17) is 0 Å². The molecule has 4 fully saturated rings. The van der Waals surface area contributed by atoms with Gasteiger partial charge in [-0.05, 0) is 78.9 Å². The number of rotatable bonds is 0. The van der Waals surface area contributed by atoms with Gasteiger partial charge in [0.15, 0.2) is 0 Å². The lowest BCUT2D eigenvalue weighted by Gasteiger charge is -2.62. The average molecular weight is 304 g/mol. The molecule has 22 heavy (non-hydrogen) atoms. The Morgan fingerprint density at radius 2 is 1.77 bits per heavy atom. The molecular formula is C20H32O2. The summed E-state index contributed by atoms with van der Waals surface area (Å²) in [5.74, 6) is 4.14. The first-order chi connectivity index (χ1) is 10.4. The van der Waals surface area contributed by atoms with Crippen LogP contribution in [0.3, 0.4) is 0 Å². The van der Waals surface area contributed by atoms with Gasteiger partial charge in [0.1, 0.15) is 5.78 Å². The Hall–Kier alpha value is -0.370. The van der Waals surface area contributed by atoms with Crippen molar-refractivity contribution in [1.82, 2.24) is 0 Å². The minimum absolute atomic E-state index is 0.0795. The number of aliphatic hydroxyl groups is 1. The molecule has 4 aliphatic carbocycles. The van der Waals surface area contributed by atoms with Gasteiger partial charge in [0, 0.05) is 12.8 Å². The van der Waals surface area contributed by atoms with Crippen LogP contribution in [-0.2, 0) is 4.79 Å². The molecule has 124 valence electrons. The molecule has 0 aromatic heterocycles. The van der Waals surface area contributed by atoms with Crippen LogP contribution in [0.5, 0.6) is 0 Å². The van der Waals surface area contributed by atoms with Crippen molar-refractivity contribution in [2.45, 2.75) is 78.2 Å². The summed E-state index contributed by atoms with van der Waals surface area (Å²) in [6.45, 7) is 7.30. The van der Waals surface area contributed by atoms with Crippen molar-refractivity contribution in [2.24, 2.45) is 40.4 Å². The van der Waals surface area contributed by atoms with Gasteiger partial charge >= 0.3 is 0 Å². The molecule has 4 aliphatic rings. The predicted molar refractivity (Wildman–Crippen MR) is 87.3 cm³/mol. The Labute approximate surface area is 135 Å². The molecule has 0 heterocycles. The fraction of sp³-hybridized carbons (Fsp3) is 0.950. The van der Waals surface area contributed by atoms with Crippen molar-refractivity contribution in [1.29, 1.82) is 0 Å². The largest absolute Gasteiger partial charge is 0.393 e. The zero-order valence-electron chi connectivity index (χ0n) is 14.5. The second kappa shape index (κ2) is 4.82. The molecule has 0 aliphatic heterocycles. The van der Waals surface area contributed by atoms with E-state index in [0.29, 0.717) is 23.0 Å². The van der Waals surface area contributed by atoms with Crippen LogP contribution < -0.4 is 0 Å². The lowest BCUT2D eigenvalue weighted by Crippen LogP contribution is -2.56. The summed E-state index contributed by atoms with van der Waals surface area (Å²) in [7, 11) is 0. The van der Waals surface area contributed by atoms with Crippen LogP contribution in [-0.4, -0.2) is 17.0 Å². The summed E-state index contributed by atoms with van der Waals surface area (Å²) in [5, 5.41) is 10.5. The van der Waals surface area contributed by atoms with E-state index >= 15 is 0 Å². The lowest BCUT2D eigenvalue weighted by molar-refractivity contribution is -0.153. The van der Waals surface area contributed by atoms with E-state index in [9.17, 15) is 9.90 Å². The summed E-state index contributed by atoms with van der Waals surface area (Å²) in [4.78, 5) is 12.0. The second-order valence-electron chi connectivity index (χ2n) is 9.59. The Morgan fingerprint density at radius 1 is 1.05 bits per heavy atom. The molecule has 0 amide bonds. The quantitative estimate of drug-likeness (QED) is 0.728. The van der Waals surface area contributed by atoms with E-state index in [1.54, 1.807) is 0 Å². The van der Waals surface area contributed by atoms with Gasteiger partial charge in [-0.3, -0.25) is 4.79 Å². The molecule has 0 unspecified atom stereocenters. The molecule has 0 aromatic rings. The van der Waals surface area contributed by atoms with Crippen molar-refractivity contribution < 1.29 is 9.90 Å². The maximum Gasteiger partial charge on any atom is 0.133 e. The number of carbonyl (C=O) groups is 1. The first-order valence-corrected chi connectivity index (χ1v) is 9.56. The maximum absolute atomic E-state index is 12.0. The van der Waals surface area contributed by atoms with E-state index in [1.807, 2.05) is 0 Å². The summed E-state index contributed by atoms with van der Waals surface area (Å²) in [5.41, 5.74) is 0.559. The molecule has 2 heteroatoms. The van der Waals surface area contributed by atoms with Crippen molar-refractivity contribution in [3.8, 4) is 0 Å². The third kappa shape index (κ3) is 1.85. The minimum atomic E-state index is -0.0795. The first kappa shape index (κ1) is 15.2. The topological polar surface area (TPSA) is 37.3 Å². The van der Waals surface area contributed by atoms with E-state index in [2.05, 4.69) is 20.8 Å². The Balaban J connectivity index is 1.68. The van der Waals surface area contributed by atoms with Gasteiger partial charge in [-0.1, -0.05) is 20.8 Å². The highest BCUT2D eigenvalue weighted by Crippen LogP contribution is 2.67. The molecule has 0 radical (unpaired) electrons. The highest BCUT2D eigenvalue weighted by atomic mass is 16.3. The third-order valence-electron chi connectivity index (χ3n) is 8.79. The SMILES string of the molecule is C[C@@H]1C[C@@H]2CC(=O)CC[C@]2(C)[C@H]2CC[C@@]3(C)[C@@H](O)CC[C@H]3[C@H]12. The number of carbonyl (C=O) groups excluding carboxylic acids is 1. The lowest BCUT2D eigenvalue weighted by atomic mass is 9.43. The van der Waals surface area contributed by atoms with Gasteiger partial charge in [0.05, 0.1) is 6.10 Å². The molecular weight excluding hydrogens is 272 g/mol. The van der Waals surface area contributed by atoms with Gasteiger partial charge < -0.3 is 5.11 Å². The first-order valence-electron chi connectivity index (χ1n) is 9.56. The van der Waals surface area contributed by atoms with Crippen LogP contribution in [0.15, 0.2) is 0 Å². The van der Waals surface area contributed by atoms with E-state index in [1.165, 1.54) is 25.7 Å². The zero-order chi connectivity index (χ0) is 15.7. The molecule has 2 nitrogen and oxygen atoms in total. The third-order valence-corrected chi connectivity index (χ3v) is 8.79. The van der Waals surface area contributed by atoms with E-state index in [-0.39, 0.29) is 11.5 Å². The summed E-state index contributed by atoms with van der Waals surface area (Å²) >= 11 is 0. The Bertz CT molecular complexity index is 486. The van der Waals surface area contributed by atoms with Crippen LogP contribution in [0.1, 0.15) is 72.1 Å². The smallest absolute Gasteiger partial charge is 0.133 e. The molecule has 1 N–H and O–H groups in total. The number of fused-ring (bicyclic) bond motifs is 5. The van der Waals surface area contributed by atoms with Crippen LogP contribution in [0.25, 0.3) is 0 Å². The normalized spacial score (nSPS) is 57.9. The van der Waals surface area contributed by atoms with Crippen molar-refractivity contribution in [3.05, 3.63) is 0 Å². The molecule has 0 saturated heterocycles. The van der Waals surface area contributed by atoms with Gasteiger partial charge in [-0.15, -0.1) is 0 Å². The minimum Gasteiger partial charge on any atom is -0.393 e.